The summed E-state index contributed by atoms with van der Waals surface area (Å²) in [6.07, 6.45) is 5.13. The van der Waals surface area contributed by atoms with Crippen LogP contribution in [0.5, 0.6) is 5.75 Å². The first kappa shape index (κ1) is 10.4. The molecule has 17 heavy (non-hydrogen) atoms. The van der Waals surface area contributed by atoms with Gasteiger partial charge in [-0.15, -0.1) is 0 Å². The molecule has 1 saturated carbocycles. The molecule has 0 saturated heterocycles. The highest BCUT2D eigenvalue weighted by atomic mass is 16.3. The van der Waals surface area contributed by atoms with Crippen LogP contribution in [-0.2, 0) is 4.79 Å². The van der Waals surface area contributed by atoms with Crippen molar-refractivity contribution >= 4 is 16.7 Å². The number of carbonyl (C=O) groups is 1. The van der Waals surface area contributed by atoms with E-state index in [1.165, 1.54) is 0 Å². The molecule has 1 fully saturated rings. The summed E-state index contributed by atoms with van der Waals surface area (Å²) in [5, 5.41) is 10.9. The number of hydrogen-bond donors (Lipinski definition) is 2. The van der Waals surface area contributed by atoms with Gasteiger partial charge in [0.15, 0.2) is 0 Å². The maximum atomic E-state index is 11.3. The summed E-state index contributed by atoms with van der Waals surface area (Å²) in [5.74, 6) is 1.09. The SMILES string of the molecule is O=C1CCC(c2c[nH]c3cccc(O)c23)CC1. The van der Waals surface area contributed by atoms with E-state index in [-0.39, 0.29) is 0 Å². The molecule has 0 aliphatic heterocycles. The number of phenols is 1. The van der Waals surface area contributed by atoms with E-state index in [1.807, 2.05) is 18.3 Å². The minimum atomic E-state index is 0.329. The van der Waals surface area contributed by atoms with Crippen molar-refractivity contribution in [1.82, 2.24) is 4.98 Å². The van der Waals surface area contributed by atoms with Crippen molar-refractivity contribution in [2.75, 3.05) is 0 Å². The summed E-state index contributed by atoms with van der Waals surface area (Å²) < 4.78 is 0. The normalized spacial score (nSPS) is 17.8. The molecule has 0 bridgehead atoms. The molecule has 2 aromatic rings. The summed E-state index contributed by atoms with van der Waals surface area (Å²) >= 11 is 0. The highest BCUT2D eigenvalue weighted by Gasteiger charge is 2.23. The maximum absolute atomic E-state index is 11.3. The standard InChI is InChI=1S/C14H15NO2/c16-10-6-4-9(5-7-10)11-8-15-12-2-1-3-13(17)14(11)12/h1-3,8-9,15,17H,4-7H2. The lowest BCUT2D eigenvalue weighted by Gasteiger charge is -2.20. The number of benzene rings is 1. The fourth-order valence-electron chi connectivity index (χ4n) is 2.76. The van der Waals surface area contributed by atoms with Gasteiger partial charge in [0.25, 0.3) is 0 Å². The van der Waals surface area contributed by atoms with Gasteiger partial charge < -0.3 is 10.1 Å². The summed E-state index contributed by atoms with van der Waals surface area (Å²) in [6.45, 7) is 0. The second-order valence-corrected chi connectivity index (χ2v) is 4.76. The lowest BCUT2D eigenvalue weighted by Crippen LogP contribution is -2.12. The van der Waals surface area contributed by atoms with E-state index >= 15 is 0 Å². The van der Waals surface area contributed by atoms with Crippen molar-refractivity contribution in [3.8, 4) is 5.75 Å². The highest BCUT2D eigenvalue weighted by molar-refractivity contribution is 5.90. The van der Waals surface area contributed by atoms with E-state index in [2.05, 4.69) is 4.98 Å². The Morgan fingerprint density at radius 2 is 2.00 bits per heavy atom. The van der Waals surface area contributed by atoms with Crippen molar-refractivity contribution in [2.45, 2.75) is 31.6 Å². The Morgan fingerprint density at radius 3 is 2.76 bits per heavy atom. The monoisotopic (exact) mass is 229 g/mol. The van der Waals surface area contributed by atoms with Crippen LogP contribution in [0.4, 0.5) is 0 Å². The molecule has 1 aromatic carbocycles. The molecule has 0 radical (unpaired) electrons. The van der Waals surface area contributed by atoms with Crippen LogP contribution in [0.2, 0.25) is 0 Å². The van der Waals surface area contributed by atoms with Gasteiger partial charge in [-0.05, 0) is 36.5 Å². The molecule has 3 rings (SSSR count). The molecule has 1 aliphatic carbocycles. The highest BCUT2D eigenvalue weighted by Crippen LogP contribution is 2.38. The van der Waals surface area contributed by atoms with Gasteiger partial charge in [0.1, 0.15) is 11.5 Å². The van der Waals surface area contributed by atoms with Crippen molar-refractivity contribution in [3.63, 3.8) is 0 Å². The molecule has 88 valence electrons. The molecule has 2 N–H and O–H groups in total. The first-order valence-electron chi connectivity index (χ1n) is 6.06. The van der Waals surface area contributed by atoms with Crippen molar-refractivity contribution < 1.29 is 9.90 Å². The number of aromatic hydroxyl groups is 1. The van der Waals surface area contributed by atoms with Gasteiger partial charge in [-0.1, -0.05) is 6.07 Å². The van der Waals surface area contributed by atoms with Crippen LogP contribution in [0.15, 0.2) is 24.4 Å². The number of rotatable bonds is 1. The van der Waals surface area contributed by atoms with Crippen LogP contribution in [-0.4, -0.2) is 15.9 Å². The summed E-state index contributed by atoms with van der Waals surface area (Å²) in [5.41, 5.74) is 2.13. The maximum Gasteiger partial charge on any atom is 0.132 e. The van der Waals surface area contributed by atoms with Crippen LogP contribution in [0, 0.1) is 0 Å². The van der Waals surface area contributed by atoms with Crippen molar-refractivity contribution in [1.29, 1.82) is 0 Å². The van der Waals surface area contributed by atoms with Crippen LogP contribution in [0.25, 0.3) is 10.9 Å². The Morgan fingerprint density at radius 1 is 1.24 bits per heavy atom. The molecular formula is C14H15NO2. The van der Waals surface area contributed by atoms with E-state index in [4.69, 9.17) is 0 Å². The van der Waals surface area contributed by atoms with E-state index in [1.54, 1.807) is 6.07 Å². The number of nitrogens with one attached hydrogen (secondary N) is 1. The molecule has 0 atom stereocenters. The molecular weight excluding hydrogens is 214 g/mol. The second-order valence-electron chi connectivity index (χ2n) is 4.76. The van der Waals surface area contributed by atoms with Crippen molar-refractivity contribution in [3.05, 3.63) is 30.0 Å². The van der Waals surface area contributed by atoms with E-state index in [0.29, 0.717) is 30.3 Å². The van der Waals surface area contributed by atoms with Crippen LogP contribution >= 0.6 is 0 Å². The Labute approximate surface area is 99.5 Å². The molecule has 1 aromatic heterocycles. The average Bonchev–Trinajstić information content (AvgIpc) is 2.75. The molecule has 0 amide bonds. The average molecular weight is 229 g/mol. The van der Waals surface area contributed by atoms with E-state index < -0.39 is 0 Å². The minimum Gasteiger partial charge on any atom is -0.507 e. The minimum absolute atomic E-state index is 0.329. The second kappa shape index (κ2) is 3.91. The number of hydrogen-bond acceptors (Lipinski definition) is 2. The summed E-state index contributed by atoms with van der Waals surface area (Å²) in [4.78, 5) is 14.4. The Hall–Kier alpha value is -1.77. The summed E-state index contributed by atoms with van der Waals surface area (Å²) in [6, 6.07) is 5.52. The number of Topliss-reactive ketones (excluding diaryl/α,β-unsaturated/α-hetero) is 1. The van der Waals surface area contributed by atoms with Gasteiger partial charge in [0, 0.05) is 29.9 Å². The lowest BCUT2D eigenvalue weighted by atomic mass is 9.83. The number of fused-ring (bicyclic) bond motifs is 1. The van der Waals surface area contributed by atoms with Gasteiger partial charge >= 0.3 is 0 Å². The third-order valence-electron chi connectivity index (χ3n) is 3.70. The van der Waals surface area contributed by atoms with Gasteiger partial charge in [-0.2, -0.15) is 0 Å². The van der Waals surface area contributed by atoms with E-state index in [0.717, 1.165) is 29.3 Å². The van der Waals surface area contributed by atoms with Gasteiger partial charge in [0.2, 0.25) is 0 Å². The molecule has 1 aliphatic rings. The molecule has 1 heterocycles. The molecule has 0 unspecified atom stereocenters. The number of aromatic amines is 1. The number of ketones is 1. The smallest absolute Gasteiger partial charge is 0.132 e. The first-order valence-corrected chi connectivity index (χ1v) is 6.06. The van der Waals surface area contributed by atoms with Crippen LogP contribution < -0.4 is 0 Å². The third kappa shape index (κ3) is 1.71. The zero-order valence-corrected chi connectivity index (χ0v) is 9.57. The quantitative estimate of drug-likeness (QED) is 0.789. The Balaban J connectivity index is 2.03. The Kier molecular flexibility index (Phi) is 2.39. The molecule has 0 spiro atoms. The largest absolute Gasteiger partial charge is 0.507 e. The number of aromatic nitrogens is 1. The predicted molar refractivity (Wildman–Crippen MR) is 66.2 cm³/mol. The topological polar surface area (TPSA) is 53.1 Å². The fraction of sp³-hybridized carbons (Fsp3) is 0.357. The van der Waals surface area contributed by atoms with Gasteiger partial charge in [-0.3, -0.25) is 4.79 Å². The summed E-state index contributed by atoms with van der Waals surface area (Å²) in [7, 11) is 0. The van der Waals surface area contributed by atoms with Gasteiger partial charge in [0.05, 0.1) is 0 Å². The number of phenolic OH excluding ortho intramolecular Hbond substituents is 1. The third-order valence-corrected chi connectivity index (χ3v) is 3.70. The van der Waals surface area contributed by atoms with Crippen molar-refractivity contribution in [2.24, 2.45) is 0 Å². The van der Waals surface area contributed by atoms with Gasteiger partial charge in [-0.25, -0.2) is 0 Å². The zero-order valence-electron chi connectivity index (χ0n) is 9.57. The predicted octanol–water partition coefficient (Wildman–Crippen LogP) is 3.10. The first-order chi connectivity index (χ1) is 8.25. The van der Waals surface area contributed by atoms with Crippen LogP contribution in [0.1, 0.15) is 37.2 Å². The number of H-pyrrole nitrogens is 1. The number of carbonyl (C=O) groups excluding carboxylic acids is 1. The molecule has 3 heteroatoms. The Bertz CT molecular complexity index is 561. The fourth-order valence-corrected chi connectivity index (χ4v) is 2.76. The van der Waals surface area contributed by atoms with E-state index in [9.17, 15) is 9.90 Å². The van der Waals surface area contributed by atoms with Crippen LogP contribution in [0.3, 0.4) is 0 Å². The molecule has 3 nitrogen and oxygen atoms in total. The zero-order chi connectivity index (χ0) is 11.8. The lowest BCUT2D eigenvalue weighted by molar-refractivity contribution is -0.120.